The van der Waals surface area contributed by atoms with Crippen LogP contribution < -0.4 is 9.13 Å². The number of rotatable bonds is 2. The monoisotopic (exact) mass is 403 g/mol. The molecule has 1 amide bonds. The van der Waals surface area contributed by atoms with E-state index in [-0.39, 0.29) is 14.7 Å². The minimum absolute atomic E-state index is 0.0381. The number of pyridine rings is 1. The predicted octanol–water partition coefficient (Wildman–Crippen LogP) is 1.50. The number of halogens is 1. The number of nitrogens with zero attached hydrogens (tertiary/aromatic N) is 1. The van der Waals surface area contributed by atoms with Crippen molar-refractivity contribution < 1.29 is 13.3 Å². The van der Waals surface area contributed by atoms with Crippen molar-refractivity contribution in [2.75, 3.05) is 0 Å². The Labute approximate surface area is 131 Å². The van der Waals surface area contributed by atoms with E-state index in [0.717, 1.165) is 40.1 Å². The molecule has 3 rings (SSSR count). The van der Waals surface area contributed by atoms with Crippen LogP contribution >= 0.6 is 15.9 Å². The molecule has 0 unspecified atom stereocenters. The third-order valence-corrected chi connectivity index (χ3v) is 8.00. The van der Waals surface area contributed by atoms with Crippen LogP contribution in [0.1, 0.15) is 46.9 Å². The summed E-state index contributed by atoms with van der Waals surface area (Å²) in [5, 5.41) is 10.9. The molecule has 0 saturated heterocycles. The standard InChI is InChI=1S/C14H15BrN2O2Se/c15-11-10-8-9(13(16)18)4-7-17(10)20-12(11)14(19)5-2-1-3-6-14/h4,7-8,19H,1-3,5-6H2,(H-,16,18)/p+1. The molecule has 2 heterocycles. The van der Waals surface area contributed by atoms with Gasteiger partial charge in [0.1, 0.15) is 0 Å². The Morgan fingerprint density at radius 1 is 1.40 bits per heavy atom. The van der Waals surface area contributed by atoms with Crippen molar-refractivity contribution in [1.29, 1.82) is 0 Å². The van der Waals surface area contributed by atoms with Crippen molar-refractivity contribution in [3.8, 4) is 0 Å². The Balaban J connectivity index is 2.13. The fourth-order valence-electron chi connectivity index (χ4n) is 2.79. The van der Waals surface area contributed by atoms with Crippen LogP contribution in [0.3, 0.4) is 0 Å². The molecule has 0 atom stereocenters. The number of aromatic nitrogens is 1. The van der Waals surface area contributed by atoms with E-state index >= 15 is 0 Å². The summed E-state index contributed by atoms with van der Waals surface area (Å²) in [4.78, 5) is 11.3. The topological polar surface area (TPSA) is 67.4 Å². The Morgan fingerprint density at radius 3 is 2.75 bits per heavy atom. The van der Waals surface area contributed by atoms with Crippen molar-refractivity contribution in [3.63, 3.8) is 0 Å². The normalized spacial score (nSPS) is 18.3. The van der Waals surface area contributed by atoms with E-state index in [9.17, 15) is 9.90 Å². The van der Waals surface area contributed by atoms with Gasteiger partial charge in [0.05, 0.1) is 0 Å². The summed E-state index contributed by atoms with van der Waals surface area (Å²) in [6, 6.07) is 3.54. The molecule has 2 aromatic rings. The molecule has 0 aliphatic heterocycles. The summed E-state index contributed by atoms with van der Waals surface area (Å²) in [5.41, 5.74) is 6.09. The Hall–Kier alpha value is -0.681. The van der Waals surface area contributed by atoms with Crippen LogP contribution in [-0.4, -0.2) is 25.7 Å². The zero-order valence-electron chi connectivity index (χ0n) is 10.9. The number of hydrogen-bond acceptors (Lipinski definition) is 2. The van der Waals surface area contributed by atoms with E-state index in [1.165, 1.54) is 6.42 Å². The van der Waals surface area contributed by atoms with Crippen LogP contribution in [0.2, 0.25) is 0 Å². The Bertz CT molecular complexity index is 677. The maximum absolute atomic E-state index is 11.3. The van der Waals surface area contributed by atoms with Gasteiger partial charge in [0.25, 0.3) is 0 Å². The number of primary amides is 1. The second-order valence-electron chi connectivity index (χ2n) is 5.32. The second kappa shape index (κ2) is 5.26. The number of fused-ring (bicyclic) bond motifs is 1. The van der Waals surface area contributed by atoms with Gasteiger partial charge in [0.2, 0.25) is 0 Å². The molecular formula is C14H16BrN2O2Se+. The number of carbonyl (C=O) groups is 1. The van der Waals surface area contributed by atoms with E-state index < -0.39 is 11.5 Å². The summed E-state index contributed by atoms with van der Waals surface area (Å²) < 4.78 is 4.13. The summed E-state index contributed by atoms with van der Waals surface area (Å²) in [6.07, 6.45) is 6.89. The fourth-order valence-corrected chi connectivity index (χ4v) is 6.45. The quantitative estimate of drug-likeness (QED) is 0.747. The van der Waals surface area contributed by atoms with E-state index in [2.05, 4.69) is 19.3 Å². The third-order valence-electron chi connectivity index (χ3n) is 3.92. The Kier molecular flexibility index (Phi) is 3.75. The van der Waals surface area contributed by atoms with E-state index in [1.807, 2.05) is 6.20 Å². The number of amides is 1. The first kappa shape index (κ1) is 14.3. The molecule has 1 aliphatic carbocycles. The average molecular weight is 403 g/mol. The summed E-state index contributed by atoms with van der Waals surface area (Å²) in [6.45, 7) is 0. The molecular weight excluding hydrogens is 387 g/mol. The first-order valence-electron chi connectivity index (χ1n) is 6.68. The molecule has 0 bridgehead atoms. The van der Waals surface area contributed by atoms with Gasteiger partial charge in [-0.15, -0.1) is 0 Å². The molecule has 2 aromatic heterocycles. The number of aliphatic hydroxyl groups is 1. The number of nitrogens with two attached hydrogens (primary N) is 1. The number of carbonyl (C=O) groups excluding carboxylic acids is 1. The van der Waals surface area contributed by atoms with Crippen molar-refractivity contribution in [2.24, 2.45) is 5.73 Å². The van der Waals surface area contributed by atoms with Crippen LogP contribution in [-0.2, 0) is 5.60 Å². The van der Waals surface area contributed by atoms with Gasteiger partial charge in [-0.2, -0.15) is 0 Å². The molecule has 1 fully saturated rings. The van der Waals surface area contributed by atoms with E-state index in [0.29, 0.717) is 5.56 Å². The van der Waals surface area contributed by atoms with Gasteiger partial charge >= 0.3 is 132 Å². The van der Waals surface area contributed by atoms with Crippen LogP contribution in [0.5, 0.6) is 0 Å². The summed E-state index contributed by atoms with van der Waals surface area (Å²) >= 11 is 3.66. The molecule has 20 heavy (non-hydrogen) atoms. The molecule has 3 N–H and O–H groups in total. The zero-order chi connectivity index (χ0) is 14.3. The van der Waals surface area contributed by atoms with Crippen LogP contribution in [0.4, 0.5) is 0 Å². The first-order chi connectivity index (χ1) is 9.51. The van der Waals surface area contributed by atoms with Gasteiger partial charge in [-0.05, 0) is 0 Å². The van der Waals surface area contributed by atoms with Crippen LogP contribution in [0.15, 0.2) is 22.8 Å². The van der Waals surface area contributed by atoms with Crippen molar-refractivity contribution >= 4 is 42.1 Å². The van der Waals surface area contributed by atoms with Crippen molar-refractivity contribution in [2.45, 2.75) is 37.7 Å². The molecule has 0 aromatic carbocycles. The zero-order valence-corrected chi connectivity index (χ0v) is 14.2. The second-order valence-corrected chi connectivity index (χ2v) is 8.18. The fraction of sp³-hybridized carbons (Fsp3) is 0.429. The molecule has 1 aliphatic rings. The van der Waals surface area contributed by atoms with Crippen LogP contribution in [0.25, 0.3) is 5.52 Å². The van der Waals surface area contributed by atoms with Crippen molar-refractivity contribution in [1.82, 2.24) is 0 Å². The van der Waals surface area contributed by atoms with E-state index in [4.69, 9.17) is 5.73 Å². The average Bonchev–Trinajstić information content (AvgIpc) is 2.77. The van der Waals surface area contributed by atoms with Crippen LogP contribution in [0, 0.1) is 0 Å². The minimum atomic E-state index is -0.685. The molecule has 106 valence electrons. The van der Waals surface area contributed by atoms with Gasteiger partial charge in [-0.3, -0.25) is 0 Å². The molecule has 4 nitrogen and oxygen atoms in total. The maximum atomic E-state index is 11.3. The summed E-state index contributed by atoms with van der Waals surface area (Å²) in [7, 11) is 0. The van der Waals surface area contributed by atoms with Crippen molar-refractivity contribution in [3.05, 3.63) is 32.8 Å². The van der Waals surface area contributed by atoms with E-state index in [1.54, 1.807) is 12.1 Å². The first-order valence-corrected chi connectivity index (χ1v) is 9.10. The SMILES string of the molecule is NC(=O)c1cc[n+]2[se]c(C3(O)CCCCC3)c(Br)c2c1. The van der Waals surface area contributed by atoms with Gasteiger partial charge in [0.15, 0.2) is 0 Å². The summed E-state index contributed by atoms with van der Waals surface area (Å²) in [5.74, 6) is -0.425. The number of hydrogen-bond donors (Lipinski definition) is 2. The molecule has 1 saturated carbocycles. The van der Waals surface area contributed by atoms with Gasteiger partial charge in [0, 0.05) is 0 Å². The Morgan fingerprint density at radius 2 is 2.10 bits per heavy atom. The van der Waals surface area contributed by atoms with Gasteiger partial charge < -0.3 is 0 Å². The molecule has 0 spiro atoms. The van der Waals surface area contributed by atoms with Gasteiger partial charge in [-0.25, -0.2) is 0 Å². The van der Waals surface area contributed by atoms with Gasteiger partial charge in [-0.1, -0.05) is 0 Å². The molecule has 6 heteroatoms. The molecule has 0 radical (unpaired) electrons. The predicted molar refractivity (Wildman–Crippen MR) is 79.7 cm³/mol. The third kappa shape index (κ3) is 2.35.